The predicted octanol–water partition coefficient (Wildman–Crippen LogP) is 9.76. The van der Waals surface area contributed by atoms with Crippen molar-refractivity contribution in [2.75, 3.05) is 25.2 Å². The summed E-state index contributed by atoms with van der Waals surface area (Å²) in [6.45, 7) is 17.7. The van der Waals surface area contributed by atoms with Crippen molar-refractivity contribution in [3.8, 4) is 0 Å². The molecule has 0 spiro atoms. The molecule has 45 heavy (non-hydrogen) atoms. The standard InChI is InChI=1S/C22H27F2NO.C8H12.C7H8FN.CH3F/c1-17(2)14-22(26,21(23)24)16-25(20-13-9-8-10-18(20)3)15-19-11-6-4-5-7-12-19;1-5-6-8(4)7(2)3;8-7-3-1-6(5-9)2-4-7;1-2/h4,6-13,21,26H,1,5,14-16H2,2-3H3;6H,1H2,2-4H3;1-4H,5,9H2;1H3. The van der Waals surface area contributed by atoms with Gasteiger partial charge in [-0.3, -0.25) is 4.39 Å². The van der Waals surface area contributed by atoms with E-state index < -0.39 is 12.0 Å². The maximum Gasteiger partial charge on any atom is 0.268 e. The van der Waals surface area contributed by atoms with Crippen LogP contribution in [0.3, 0.4) is 0 Å². The summed E-state index contributed by atoms with van der Waals surface area (Å²) < 4.78 is 49.1. The molecule has 0 bridgehead atoms. The minimum Gasteiger partial charge on any atom is -0.382 e. The highest BCUT2D eigenvalue weighted by Crippen LogP contribution is 2.29. The number of hydrogen-bond acceptors (Lipinski definition) is 3. The van der Waals surface area contributed by atoms with Gasteiger partial charge in [0.2, 0.25) is 0 Å². The van der Waals surface area contributed by atoms with Gasteiger partial charge in [-0.25, -0.2) is 13.2 Å². The average molecular weight is 627 g/mol. The first-order valence-electron chi connectivity index (χ1n) is 14.6. The largest absolute Gasteiger partial charge is 0.382 e. The monoisotopic (exact) mass is 626 g/mol. The van der Waals surface area contributed by atoms with E-state index in [1.807, 2.05) is 79.5 Å². The number of allylic oxidation sites excluding steroid dienone is 7. The van der Waals surface area contributed by atoms with Crippen LogP contribution in [-0.4, -0.2) is 37.4 Å². The molecular formula is C38H50F4N2O. The Balaban J connectivity index is 0.000000829. The van der Waals surface area contributed by atoms with Gasteiger partial charge in [-0.05, 0) is 87.6 Å². The second-order valence-electron chi connectivity index (χ2n) is 10.9. The van der Waals surface area contributed by atoms with Crippen molar-refractivity contribution in [1.29, 1.82) is 0 Å². The van der Waals surface area contributed by atoms with Crippen LogP contribution in [0.4, 0.5) is 23.2 Å². The second-order valence-corrected chi connectivity index (χ2v) is 10.9. The number of rotatable bonds is 10. The highest BCUT2D eigenvalue weighted by atomic mass is 19.3. The normalized spacial score (nSPS) is 12.7. The van der Waals surface area contributed by atoms with E-state index >= 15 is 0 Å². The van der Waals surface area contributed by atoms with E-state index in [-0.39, 0.29) is 18.8 Å². The number of anilines is 1. The molecule has 0 amide bonds. The van der Waals surface area contributed by atoms with E-state index in [0.717, 1.165) is 28.8 Å². The van der Waals surface area contributed by atoms with Crippen LogP contribution >= 0.6 is 0 Å². The number of aliphatic hydroxyl groups is 1. The number of alkyl halides is 3. The fourth-order valence-corrected chi connectivity index (χ4v) is 4.07. The summed E-state index contributed by atoms with van der Waals surface area (Å²) in [5, 5.41) is 10.7. The van der Waals surface area contributed by atoms with Crippen molar-refractivity contribution in [2.45, 2.75) is 66.0 Å². The Labute approximate surface area is 268 Å². The van der Waals surface area contributed by atoms with Gasteiger partial charge in [-0.15, -0.1) is 12.3 Å². The van der Waals surface area contributed by atoms with Gasteiger partial charge >= 0.3 is 0 Å². The first-order chi connectivity index (χ1) is 21.3. The quantitative estimate of drug-likeness (QED) is 0.119. The third kappa shape index (κ3) is 16.7. The number of aryl methyl sites for hydroxylation is 1. The molecule has 1 aliphatic rings. The molecule has 0 saturated heterocycles. The molecule has 0 aromatic heterocycles. The minimum atomic E-state index is -2.86. The molecule has 1 unspecified atom stereocenters. The van der Waals surface area contributed by atoms with Gasteiger partial charge in [-0.2, -0.15) is 0 Å². The Morgan fingerprint density at radius 2 is 1.69 bits per heavy atom. The lowest BCUT2D eigenvalue weighted by Crippen LogP contribution is -2.49. The van der Waals surface area contributed by atoms with Crippen LogP contribution < -0.4 is 10.6 Å². The molecule has 2 aromatic rings. The van der Waals surface area contributed by atoms with Crippen LogP contribution in [0.25, 0.3) is 0 Å². The molecule has 0 radical (unpaired) electrons. The van der Waals surface area contributed by atoms with Crippen LogP contribution in [0.2, 0.25) is 0 Å². The lowest BCUT2D eigenvalue weighted by molar-refractivity contribution is -0.0890. The molecule has 0 aliphatic heterocycles. The van der Waals surface area contributed by atoms with Gasteiger partial charge in [0.1, 0.15) is 11.4 Å². The molecule has 2 aromatic carbocycles. The molecule has 246 valence electrons. The number of benzene rings is 2. The zero-order valence-electron chi connectivity index (χ0n) is 27.6. The van der Waals surface area contributed by atoms with Gasteiger partial charge in [-0.1, -0.05) is 78.4 Å². The third-order valence-electron chi connectivity index (χ3n) is 6.62. The summed E-state index contributed by atoms with van der Waals surface area (Å²) >= 11 is 0. The zero-order valence-corrected chi connectivity index (χ0v) is 27.6. The van der Waals surface area contributed by atoms with Crippen molar-refractivity contribution in [1.82, 2.24) is 0 Å². The second kappa shape index (κ2) is 22.6. The van der Waals surface area contributed by atoms with Crippen molar-refractivity contribution in [3.05, 3.63) is 143 Å². The molecule has 1 atom stereocenters. The summed E-state index contributed by atoms with van der Waals surface area (Å²) in [5.41, 5.74) is 12.7. The topological polar surface area (TPSA) is 49.5 Å². The molecule has 7 heteroatoms. The summed E-state index contributed by atoms with van der Waals surface area (Å²) in [5.74, 6) is -0.216. The predicted molar refractivity (Wildman–Crippen MR) is 184 cm³/mol. The molecule has 3 N–H and O–H groups in total. The number of para-hydroxylation sites is 1. The summed E-state index contributed by atoms with van der Waals surface area (Å²) in [6, 6.07) is 13.8. The smallest absolute Gasteiger partial charge is 0.268 e. The SMILES string of the molecule is C=C(C)CC(O)(CN(CC1=CC=CCC=C1)c1ccccc1C)C(F)F.C=C=CC(C)=C(C)C.CF.NCc1ccc(F)cc1. The number of nitrogens with two attached hydrogens (primary N) is 1. The van der Waals surface area contributed by atoms with Gasteiger partial charge < -0.3 is 15.7 Å². The Morgan fingerprint density at radius 3 is 2.18 bits per heavy atom. The summed E-state index contributed by atoms with van der Waals surface area (Å²) in [6.07, 6.45) is 9.78. The van der Waals surface area contributed by atoms with Crippen molar-refractivity contribution < 1.29 is 22.7 Å². The fourth-order valence-electron chi connectivity index (χ4n) is 4.07. The van der Waals surface area contributed by atoms with Crippen LogP contribution in [0.1, 0.15) is 51.7 Å². The van der Waals surface area contributed by atoms with Crippen LogP contribution in [-0.2, 0) is 6.54 Å². The number of hydrogen-bond donors (Lipinski definition) is 2. The highest BCUT2D eigenvalue weighted by Gasteiger charge is 2.39. The van der Waals surface area contributed by atoms with E-state index in [9.17, 15) is 22.7 Å². The molecule has 0 heterocycles. The summed E-state index contributed by atoms with van der Waals surface area (Å²) in [4.78, 5) is 1.83. The third-order valence-corrected chi connectivity index (χ3v) is 6.62. The lowest BCUT2D eigenvalue weighted by Gasteiger charge is -2.36. The fraction of sp³-hybridized carbons (Fsp3) is 0.342. The molecule has 3 rings (SSSR count). The van der Waals surface area contributed by atoms with Gasteiger partial charge in [0.15, 0.2) is 0 Å². The Bertz CT molecular complexity index is 1330. The van der Waals surface area contributed by atoms with E-state index in [1.165, 1.54) is 23.3 Å². The molecule has 1 aliphatic carbocycles. The van der Waals surface area contributed by atoms with Gasteiger partial charge in [0, 0.05) is 25.2 Å². The maximum atomic E-state index is 13.7. The molecule has 3 nitrogen and oxygen atoms in total. The first-order valence-corrected chi connectivity index (χ1v) is 14.6. The lowest BCUT2D eigenvalue weighted by atomic mass is 9.94. The van der Waals surface area contributed by atoms with Crippen LogP contribution in [0.15, 0.2) is 126 Å². The zero-order chi connectivity index (χ0) is 34.4. The van der Waals surface area contributed by atoms with E-state index in [2.05, 4.69) is 32.7 Å². The Kier molecular flexibility index (Phi) is 20.6. The van der Waals surface area contributed by atoms with Crippen molar-refractivity contribution in [3.63, 3.8) is 0 Å². The number of halogens is 4. The molecular weight excluding hydrogens is 576 g/mol. The Hall–Kier alpha value is -3.90. The van der Waals surface area contributed by atoms with Crippen molar-refractivity contribution in [2.24, 2.45) is 5.73 Å². The highest BCUT2D eigenvalue weighted by molar-refractivity contribution is 5.55. The minimum absolute atomic E-state index is 0.137. The molecule has 0 fully saturated rings. The average Bonchev–Trinajstić information content (AvgIpc) is 3.27. The van der Waals surface area contributed by atoms with E-state index in [0.29, 0.717) is 25.8 Å². The summed E-state index contributed by atoms with van der Waals surface area (Å²) in [7, 11) is 0.500. The van der Waals surface area contributed by atoms with Gasteiger partial charge in [0.05, 0.1) is 13.7 Å². The van der Waals surface area contributed by atoms with Crippen LogP contribution in [0, 0.1) is 12.7 Å². The number of nitrogens with zero attached hydrogens (tertiary/aromatic N) is 1. The Morgan fingerprint density at radius 1 is 1.07 bits per heavy atom. The van der Waals surface area contributed by atoms with E-state index in [4.69, 9.17) is 5.73 Å². The molecule has 0 saturated carbocycles. The van der Waals surface area contributed by atoms with Gasteiger partial charge in [0.25, 0.3) is 6.43 Å². The maximum absolute atomic E-state index is 13.7. The van der Waals surface area contributed by atoms with Crippen molar-refractivity contribution >= 4 is 5.69 Å². The first kappa shape index (κ1) is 41.1. The van der Waals surface area contributed by atoms with E-state index in [1.54, 1.807) is 19.1 Å². The van der Waals surface area contributed by atoms with Crippen LogP contribution in [0.5, 0.6) is 0 Å².